The molecule has 0 unspecified atom stereocenters. The number of ether oxygens (including phenoxy) is 2. The molecule has 0 aromatic rings. The van der Waals surface area contributed by atoms with Gasteiger partial charge in [-0.05, 0) is 0 Å². The summed E-state index contributed by atoms with van der Waals surface area (Å²) in [6, 6.07) is 0. The van der Waals surface area contributed by atoms with E-state index in [4.69, 9.17) is 9.47 Å². The van der Waals surface area contributed by atoms with Gasteiger partial charge in [-0.3, -0.25) is 0 Å². The van der Waals surface area contributed by atoms with E-state index in [9.17, 15) is 4.79 Å². The third-order valence-corrected chi connectivity index (χ3v) is 1.58. The third kappa shape index (κ3) is 0.412. The first-order chi connectivity index (χ1) is 3.84. The zero-order chi connectivity index (χ0) is 5.56. The summed E-state index contributed by atoms with van der Waals surface area (Å²) in [6.45, 7) is 0. The molecule has 2 bridgehead atoms. The zero-order valence-electron chi connectivity index (χ0n) is 4.29. The van der Waals surface area contributed by atoms with E-state index in [1.807, 2.05) is 0 Å². The number of fused-ring (bicyclic) bond motifs is 2. The van der Waals surface area contributed by atoms with Crippen LogP contribution < -0.4 is 0 Å². The highest BCUT2D eigenvalue weighted by molar-refractivity contribution is 5.62. The van der Waals surface area contributed by atoms with Gasteiger partial charge in [0.15, 0.2) is 0 Å². The first-order valence-electron chi connectivity index (χ1n) is 2.72. The van der Waals surface area contributed by atoms with Crippen LogP contribution >= 0.6 is 0 Å². The van der Waals surface area contributed by atoms with E-state index in [1.54, 1.807) is 0 Å². The number of hydrogen-bond acceptors (Lipinski definition) is 3. The highest BCUT2D eigenvalue weighted by Gasteiger charge is 2.40. The lowest BCUT2D eigenvalue weighted by atomic mass is 9.91. The van der Waals surface area contributed by atoms with Gasteiger partial charge in [-0.15, -0.1) is 0 Å². The number of rotatable bonds is 0. The molecule has 44 valence electrons. The summed E-state index contributed by atoms with van der Waals surface area (Å²) in [5, 5.41) is 0. The lowest BCUT2D eigenvalue weighted by Gasteiger charge is -2.38. The van der Waals surface area contributed by atoms with Gasteiger partial charge < -0.3 is 9.47 Å². The van der Waals surface area contributed by atoms with E-state index in [2.05, 4.69) is 0 Å². The molecule has 0 N–H and O–H groups in total. The van der Waals surface area contributed by atoms with Gasteiger partial charge in [-0.1, -0.05) is 0 Å². The van der Waals surface area contributed by atoms with Crippen molar-refractivity contribution in [2.24, 2.45) is 0 Å². The standard InChI is InChI=1S/C5H6O3/c6-5-7-3-1-4(2-3)8-5/h3-4H,1-2H2/t3-,4-. The first-order valence-corrected chi connectivity index (χ1v) is 2.72. The van der Waals surface area contributed by atoms with Gasteiger partial charge >= 0.3 is 6.16 Å². The maximum atomic E-state index is 10.3. The fraction of sp³-hybridized carbons (Fsp3) is 0.800. The fourth-order valence-electron chi connectivity index (χ4n) is 1.01. The van der Waals surface area contributed by atoms with Crippen molar-refractivity contribution in [3.05, 3.63) is 0 Å². The number of hydrogen-bond donors (Lipinski definition) is 0. The predicted molar refractivity (Wildman–Crippen MR) is 24.4 cm³/mol. The quantitative estimate of drug-likeness (QED) is 0.434. The lowest BCUT2D eigenvalue weighted by Crippen LogP contribution is -2.46. The molecule has 2 heterocycles. The molecule has 8 heavy (non-hydrogen) atoms. The Hall–Kier alpha value is -0.730. The highest BCUT2D eigenvalue weighted by Crippen LogP contribution is 2.31. The van der Waals surface area contributed by atoms with Crippen LogP contribution in [0.1, 0.15) is 12.8 Å². The Bertz CT molecular complexity index is 114. The van der Waals surface area contributed by atoms with Gasteiger partial charge in [0.05, 0.1) is 0 Å². The molecule has 3 aliphatic rings. The number of carbonyl (C=O) groups excluding carboxylic acids is 1. The topological polar surface area (TPSA) is 35.5 Å². The summed E-state index contributed by atoms with van der Waals surface area (Å²) < 4.78 is 9.38. The van der Waals surface area contributed by atoms with E-state index in [0.29, 0.717) is 0 Å². The van der Waals surface area contributed by atoms with Gasteiger partial charge in [0, 0.05) is 12.8 Å². The van der Waals surface area contributed by atoms with Crippen LogP contribution in [0, 0.1) is 0 Å². The van der Waals surface area contributed by atoms with Crippen LogP contribution in [-0.4, -0.2) is 18.4 Å². The second-order valence-electron chi connectivity index (χ2n) is 2.20. The van der Waals surface area contributed by atoms with Crippen LogP contribution in [0.3, 0.4) is 0 Å². The molecule has 0 radical (unpaired) electrons. The van der Waals surface area contributed by atoms with Crippen molar-refractivity contribution >= 4 is 6.16 Å². The summed E-state index contributed by atoms with van der Waals surface area (Å²) in [5.41, 5.74) is 0. The summed E-state index contributed by atoms with van der Waals surface area (Å²) >= 11 is 0. The van der Waals surface area contributed by atoms with E-state index in [1.165, 1.54) is 0 Å². The molecule has 3 fully saturated rings. The van der Waals surface area contributed by atoms with Crippen molar-refractivity contribution in [2.75, 3.05) is 0 Å². The van der Waals surface area contributed by atoms with Crippen molar-refractivity contribution in [2.45, 2.75) is 25.0 Å². The van der Waals surface area contributed by atoms with Crippen molar-refractivity contribution in [3.63, 3.8) is 0 Å². The summed E-state index contributed by atoms with van der Waals surface area (Å²) in [7, 11) is 0. The molecule has 3 nitrogen and oxygen atoms in total. The molecule has 3 heteroatoms. The zero-order valence-corrected chi connectivity index (χ0v) is 4.29. The largest absolute Gasteiger partial charge is 0.508 e. The lowest BCUT2D eigenvalue weighted by molar-refractivity contribution is -0.133. The van der Waals surface area contributed by atoms with Crippen LogP contribution in [-0.2, 0) is 9.47 Å². The van der Waals surface area contributed by atoms with Crippen LogP contribution in [0.5, 0.6) is 0 Å². The monoisotopic (exact) mass is 114 g/mol. The molecule has 0 spiro atoms. The average Bonchev–Trinajstić information content (AvgIpc) is 1.62. The molecule has 0 aromatic carbocycles. The van der Waals surface area contributed by atoms with Crippen LogP contribution in [0.2, 0.25) is 0 Å². The van der Waals surface area contributed by atoms with E-state index < -0.39 is 6.16 Å². The average molecular weight is 114 g/mol. The molecular weight excluding hydrogens is 108 g/mol. The Morgan fingerprint density at radius 2 is 1.75 bits per heavy atom. The Labute approximate surface area is 46.6 Å². The minimum atomic E-state index is -0.488. The molecule has 0 amide bonds. The maximum Gasteiger partial charge on any atom is 0.508 e. The Balaban J connectivity index is 2.07. The first kappa shape index (κ1) is 4.18. The van der Waals surface area contributed by atoms with Gasteiger partial charge in [-0.25, -0.2) is 4.79 Å². The molecule has 1 aliphatic carbocycles. The molecule has 1 saturated carbocycles. The molecular formula is C5H6O3. The smallest absolute Gasteiger partial charge is 0.431 e. The van der Waals surface area contributed by atoms with Crippen molar-refractivity contribution < 1.29 is 14.3 Å². The van der Waals surface area contributed by atoms with E-state index in [0.717, 1.165) is 12.8 Å². The second kappa shape index (κ2) is 1.16. The molecule has 0 aromatic heterocycles. The number of carbonyl (C=O) groups is 1. The van der Waals surface area contributed by atoms with Crippen molar-refractivity contribution in [1.82, 2.24) is 0 Å². The summed E-state index contributed by atoms with van der Waals surface area (Å²) in [5.74, 6) is 0. The minimum absolute atomic E-state index is 0.182. The molecule has 2 aliphatic heterocycles. The predicted octanol–water partition coefficient (Wildman–Crippen LogP) is 0.684. The normalized spacial score (nSPS) is 41.8. The molecule has 3 rings (SSSR count). The van der Waals surface area contributed by atoms with Gasteiger partial charge in [0.1, 0.15) is 12.2 Å². The Morgan fingerprint density at radius 3 is 2.00 bits per heavy atom. The van der Waals surface area contributed by atoms with Crippen molar-refractivity contribution in [3.8, 4) is 0 Å². The van der Waals surface area contributed by atoms with Crippen molar-refractivity contribution in [1.29, 1.82) is 0 Å². The van der Waals surface area contributed by atoms with Gasteiger partial charge in [-0.2, -0.15) is 0 Å². The molecule has 0 atom stereocenters. The SMILES string of the molecule is O=C1O[C@H]2C[C@@H](C2)O1. The second-order valence-corrected chi connectivity index (χ2v) is 2.20. The summed E-state index contributed by atoms with van der Waals surface area (Å²) in [4.78, 5) is 10.3. The maximum absolute atomic E-state index is 10.3. The van der Waals surface area contributed by atoms with Gasteiger partial charge in [0.25, 0.3) is 0 Å². The molecule has 2 saturated heterocycles. The van der Waals surface area contributed by atoms with Crippen LogP contribution in [0.4, 0.5) is 4.79 Å². The van der Waals surface area contributed by atoms with E-state index in [-0.39, 0.29) is 12.2 Å². The Morgan fingerprint density at radius 1 is 1.25 bits per heavy atom. The third-order valence-electron chi connectivity index (χ3n) is 1.58. The fourth-order valence-corrected chi connectivity index (χ4v) is 1.01. The summed E-state index contributed by atoms with van der Waals surface area (Å²) in [6.07, 6.45) is 1.69. The van der Waals surface area contributed by atoms with Gasteiger partial charge in [0.2, 0.25) is 0 Å². The highest BCUT2D eigenvalue weighted by atomic mass is 16.8. The van der Waals surface area contributed by atoms with Crippen LogP contribution in [0.25, 0.3) is 0 Å². The minimum Gasteiger partial charge on any atom is -0.431 e. The van der Waals surface area contributed by atoms with E-state index >= 15 is 0 Å². The Kier molecular flexibility index (Phi) is 0.604. The van der Waals surface area contributed by atoms with Crippen LogP contribution in [0.15, 0.2) is 0 Å².